The number of aldehydes is 1. The average Bonchev–Trinajstić information content (AvgIpc) is 2.11. The molecule has 0 fully saturated rings. The van der Waals surface area contributed by atoms with Crippen LogP contribution in [0.15, 0.2) is 24.1 Å². The highest BCUT2D eigenvalue weighted by molar-refractivity contribution is 5.50. The SMILES string of the molecule is C/C=C(F)\C=C/C(CC)CC=O. The molecule has 2 heteroatoms. The zero-order valence-corrected chi connectivity index (χ0v) is 7.59. The van der Waals surface area contributed by atoms with Gasteiger partial charge in [0.05, 0.1) is 0 Å². The quantitative estimate of drug-likeness (QED) is 0.458. The zero-order chi connectivity index (χ0) is 9.40. The van der Waals surface area contributed by atoms with E-state index in [0.29, 0.717) is 6.42 Å². The van der Waals surface area contributed by atoms with Crippen molar-refractivity contribution in [1.29, 1.82) is 0 Å². The third kappa shape index (κ3) is 4.83. The van der Waals surface area contributed by atoms with Gasteiger partial charge in [0.15, 0.2) is 0 Å². The van der Waals surface area contributed by atoms with Gasteiger partial charge in [0, 0.05) is 6.42 Å². The van der Waals surface area contributed by atoms with E-state index in [9.17, 15) is 9.18 Å². The number of hydrogen-bond acceptors (Lipinski definition) is 1. The van der Waals surface area contributed by atoms with Gasteiger partial charge in [0.25, 0.3) is 0 Å². The van der Waals surface area contributed by atoms with Gasteiger partial charge in [-0.05, 0) is 25.3 Å². The van der Waals surface area contributed by atoms with Crippen LogP contribution >= 0.6 is 0 Å². The Hall–Kier alpha value is -0.920. The van der Waals surface area contributed by atoms with Crippen LogP contribution in [-0.2, 0) is 4.79 Å². The van der Waals surface area contributed by atoms with E-state index in [1.165, 1.54) is 12.2 Å². The van der Waals surface area contributed by atoms with E-state index in [1.54, 1.807) is 13.0 Å². The Balaban J connectivity index is 4.00. The highest BCUT2D eigenvalue weighted by Gasteiger charge is 1.99. The molecule has 1 atom stereocenters. The van der Waals surface area contributed by atoms with Crippen LogP contribution in [-0.4, -0.2) is 6.29 Å². The van der Waals surface area contributed by atoms with E-state index in [0.717, 1.165) is 12.7 Å². The van der Waals surface area contributed by atoms with Crippen molar-refractivity contribution in [3.05, 3.63) is 24.1 Å². The second-order valence-electron chi connectivity index (χ2n) is 2.60. The Kier molecular flexibility index (Phi) is 6.25. The Labute approximate surface area is 73.0 Å². The van der Waals surface area contributed by atoms with Crippen LogP contribution in [0.25, 0.3) is 0 Å². The monoisotopic (exact) mass is 170 g/mol. The standard InChI is InChI=1S/C10H15FO/c1-3-9(7-8-12)5-6-10(11)4-2/h4-6,8-9H,3,7H2,1-2H3/b6-5-,10-4+. The van der Waals surface area contributed by atoms with E-state index in [4.69, 9.17) is 0 Å². The van der Waals surface area contributed by atoms with E-state index in [1.807, 2.05) is 6.92 Å². The second-order valence-corrected chi connectivity index (χ2v) is 2.60. The number of allylic oxidation sites excluding steroid dienone is 4. The molecule has 0 aromatic heterocycles. The topological polar surface area (TPSA) is 17.1 Å². The number of halogens is 1. The van der Waals surface area contributed by atoms with Crippen molar-refractivity contribution < 1.29 is 9.18 Å². The summed E-state index contributed by atoms with van der Waals surface area (Å²) in [7, 11) is 0. The minimum atomic E-state index is -0.251. The van der Waals surface area contributed by atoms with Gasteiger partial charge >= 0.3 is 0 Å². The summed E-state index contributed by atoms with van der Waals surface area (Å²) in [6, 6.07) is 0. The summed E-state index contributed by atoms with van der Waals surface area (Å²) in [6.07, 6.45) is 6.76. The molecule has 0 saturated heterocycles. The molecular formula is C10H15FO. The summed E-state index contributed by atoms with van der Waals surface area (Å²) in [6.45, 7) is 3.62. The Morgan fingerprint density at radius 2 is 2.25 bits per heavy atom. The number of carbonyl (C=O) groups excluding carboxylic acids is 1. The van der Waals surface area contributed by atoms with Gasteiger partial charge < -0.3 is 4.79 Å². The van der Waals surface area contributed by atoms with Gasteiger partial charge in [0.1, 0.15) is 12.1 Å². The lowest BCUT2D eigenvalue weighted by Gasteiger charge is -2.02. The van der Waals surface area contributed by atoms with Crippen molar-refractivity contribution in [3.63, 3.8) is 0 Å². The highest BCUT2D eigenvalue weighted by Crippen LogP contribution is 2.10. The fourth-order valence-electron chi connectivity index (χ4n) is 0.829. The molecule has 0 aromatic carbocycles. The van der Waals surface area contributed by atoms with Crippen LogP contribution in [0, 0.1) is 5.92 Å². The molecule has 0 aromatic rings. The van der Waals surface area contributed by atoms with Crippen molar-refractivity contribution in [3.8, 4) is 0 Å². The number of rotatable bonds is 5. The zero-order valence-electron chi connectivity index (χ0n) is 7.59. The average molecular weight is 170 g/mol. The Morgan fingerprint density at radius 1 is 1.58 bits per heavy atom. The largest absolute Gasteiger partial charge is 0.303 e. The predicted octanol–water partition coefficient (Wildman–Crippen LogP) is 3.03. The highest BCUT2D eigenvalue weighted by atomic mass is 19.1. The van der Waals surface area contributed by atoms with Crippen LogP contribution in [0.4, 0.5) is 4.39 Å². The molecule has 0 rings (SSSR count). The first-order chi connectivity index (χ1) is 5.74. The van der Waals surface area contributed by atoms with Gasteiger partial charge in [-0.3, -0.25) is 0 Å². The Bertz CT molecular complexity index is 182. The smallest absolute Gasteiger partial charge is 0.120 e. The van der Waals surface area contributed by atoms with Gasteiger partial charge in [-0.25, -0.2) is 4.39 Å². The molecule has 0 radical (unpaired) electrons. The summed E-state index contributed by atoms with van der Waals surface area (Å²) >= 11 is 0. The molecule has 0 aliphatic carbocycles. The maximum absolute atomic E-state index is 12.6. The van der Waals surface area contributed by atoms with Crippen molar-refractivity contribution >= 4 is 6.29 Å². The van der Waals surface area contributed by atoms with Crippen LogP contribution in [0.1, 0.15) is 26.7 Å². The Morgan fingerprint density at radius 3 is 2.67 bits per heavy atom. The van der Waals surface area contributed by atoms with Gasteiger partial charge in [0.2, 0.25) is 0 Å². The third-order valence-electron chi connectivity index (χ3n) is 1.73. The molecule has 0 amide bonds. The van der Waals surface area contributed by atoms with Crippen LogP contribution in [0.3, 0.4) is 0 Å². The van der Waals surface area contributed by atoms with Crippen molar-refractivity contribution in [2.75, 3.05) is 0 Å². The van der Waals surface area contributed by atoms with Gasteiger partial charge in [-0.15, -0.1) is 0 Å². The summed E-state index contributed by atoms with van der Waals surface area (Å²) in [4.78, 5) is 10.1. The molecule has 1 unspecified atom stereocenters. The molecule has 0 aliphatic rings. The first-order valence-corrected chi connectivity index (χ1v) is 4.18. The lowest BCUT2D eigenvalue weighted by atomic mass is 10.0. The molecular weight excluding hydrogens is 155 g/mol. The maximum Gasteiger partial charge on any atom is 0.120 e. The molecule has 0 spiro atoms. The van der Waals surface area contributed by atoms with Crippen molar-refractivity contribution in [1.82, 2.24) is 0 Å². The summed E-state index contributed by atoms with van der Waals surface area (Å²) in [5.74, 6) is -0.0763. The van der Waals surface area contributed by atoms with Crippen LogP contribution in [0.5, 0.6) is 0 Å². The third-order valence-corrected chi connectivity index (χ3v) is 1.73. The van der Waals surface area contributed by atoms with Crippen LogP contribution < -0.4 is 0 Å². The molecule has 0 aliphatic heterocycles. The summed E-state index contributed by atoms with van der Waals surface area (Å²) in [5, 5.41) is 0. The van der Waals surface area contributed by atoms with E-state index >= 15 is 0 Å². The predicted molar refractivity (Wildman–Crippen MR) is 48.5 cm³/mol. The van der Waals surface area contributed by atoms with Crippen LogP contribution in [0.2, 0.25) is 0 Å². The minimum Gasteiger partial charge on any atom is -0.303 e. The molecule has 1 nitrogen and oxygen atoms in total. The lowest BCUT2D eigenvalue weighted by Crippen LogP contribution is -1.94. The van der Waals surface area contributed by atoms with Crippen molar-refractivity contribution in [2.45, 2.75) is 26.7 Å². The van der Waals surface area contributed by atoms with Gasteiger partial charge in [-0.1, -0.05) is 19.1 Å². The molecule has 68 valence electrons. The second kappa shape index (κ2) is 6.77. The normalized spacial score (nSPS) is 15.1. The summed E-state index contributed by atoms with van der Waals surface area (Å²) in [5.41, 5.74) is 0. The molecule has 0 bridgehead atoms. The lowest BCUT2D eigenvalue weighted by molar-refractivity contribution is -0.108. The van der Waals surface area contributed by atoms with E-state index in [2.05, 4.69) is 0 Å². The van der Waals surface area contributed by atoms with Gasteiger partial charge in [-0.2, -0.15) is 0 Å². The molecule has 0 N–H and O–H groups in total. The fraction of sp³-hybridized carbons (Fsp3) is 0.500. The molecule has 0 heterocycles. The number of carbonyl (C=O) groups is 1. The van der Waals surface area contributed by atoms with E-state index < -0.39 is 0 Å². The first-order valence-electron chi connectivity index (χ1n) is 4.18. The van der Waals surface area contributed by atoms with E-state index in [-0.39, 0.29) is 11.7 Å². The molecule has 12 heavy (non-hydrogen) atoms. The first kappa shape index (κ1) is 11.1. The summed E-state index contributed by atoms with van der Waals surface area (Å²) < 4.78 is 12.6. The maximum atomic E-state index is 12.6. The number of hydrogen-bond donors (Lipinski definition) is 0. The minimum absolute atomic E-state index is 0.174. The fourth-order valence-corrected chi connectivity index (χ4v) is 0.829. The molecule has 0 saturated carbocycles. The van der Waals surface area contributed by atoms with Crippen molar-refractivity contribution in [2.24, 2.45) is 5.92 Å².